The number of hydrogen-bond donors (Lipinski definition) is 0. The van der Waals surface area contributed by atoms with Crippen LogP contribution in [-0.4, -0.2) is 14.6 Å². The van der Waals surface area contributed by atoms with Crippen molar-refractivity contribution in [2.24, 2.45) is 0 Å². The molecule has 0 amide bonds. The zero-order chi connectivity index (χ0) is 8.55. The molecule has 4 heteroatoms. The standard InChI is InChI=1S/C8H7N3O/c1-6-2-5-10-11-7(12)3-4-9-8(6)11/h2-5H,1H3. The first-order valence-electron chi connectivity index (χ1n) is 3.59. The van der Waals surface area contributed by atoms with Crippen molar-refractivity contribution < 1.29 is 0 Å². The van der Waals surface area contributed by atoms with E-state index in [0.29, 0.717) is 5.65 Å². The van der Waals surface area contributed by atoms with Crippen molar-refractivity contribution in [3.05, 3.63) is 40.4 Å². The summed E-state index contributed by atoms with van der Waals surface area (Å²) >= 11 is 0. The van der Waals surface area contributed by atoms with Gasteiger partial charge in [0.05, 0.1) is 0 Å². The van der Waals surface area contributed by atoms with Crippen LogP contribution in [0.25, 0.3) is 5.65 Å². The SMILES string of the molecule is Cc1ccnn2c(=O)ccnc12. The largest absolute Gasteiger partial charge is 0.274 e. The Bertz CT molecular complexity index is 475. The van der Waals surface area contributed by atoms with Gasteiger partial charge in [0.2, 0.25) is 0 Å². The summed E-state index contributed by atoms with van der Waals surface area (Å²) in [5, 5.41) is 3.88. The number of rotatable bonds is 0. The molecule has 12 heavy (non-hydrogen) atoms. The zero-order valence-electron chi connectivity index (χ0n) is 6.56. The second-order valence-electron chi connectivity index (χ2n) is 2.53. The van der Waals surface area contributed by atoms with Crippen molar-refractivity contribution in [2.45, 2.75) is 6.92 Å². The van der Waals surface area contributed by atoms with Crippen LogP contribution in [0.15, 0.2) is 29.3 Å². The molecule has 0 aliphatic carbocycles. The summed E-state index contributed by atoms with van der Waals surface area (Å²) in [6.45, 7) is 1.89. The number of nitrogens with zero attached hydrogens (tertiary/aromatic N) is 3. The fraction of sp³-hybridized carbons (Fsp3) is 0.125. The molecule has 0 fully saturated rings. The van der Waals surface area contributed by atoms with Crippen LogP contribution in [0, 0.1) is 6.92 Å². The molecule has 0 saturated carbocycles. The van der Waals surface area contributed by atoms with Crippen LogP contribution in [0.4, 0.5) is 0 Å². The van der Waals surface area contributed by atoms with Gasteiger partial charge in [-0.05, 0) is 18.6 Å². The molecule has 0 radical (unpaired) electrons. The molecule has 0 saturated heterocycles. The van der Waals surface area contributed by atoms with Gasteiger partial charge in [0.1, 0.15) is 0 Å². The van der Waals surface area contributed by atoms with E-state index in [4.69, 9.17) is 0 Å². The van der Waals surface area contributed by atoms with Crippen LogP contribution in [0.5, 0.6) is 0 Å². The zero-order valence-corrected chi connectivity index (χ0v) is 6.56. The Kier molecular flexibility index (Phi) is 1.40. The Morgan fingerprint density at radius 2 is 2.17 bits per heavy atom. The van der Waals surface area contributed by atoms with E-state index in [0.717, 1.165) is 5.56 Å². The average Bonchev–Trinajstić information content (AvgIpc) is 2.07. The Labute approximate surface area is 68.5 Å². The Hall–Kier alpha value is -1.71. The first-order chi connectivity index (χ1) is 5.79. The van der Waals surface area contributed by atoms with E-state index in [1.54, 1.807) is 6.20 Å². The first kappa shape index (κ1) is 6.97. The van der Waals surface area contributed by atoms with E-state index in [1.807, 2.05) is 13.0 Å². The lowest BCUT2D eigenvalue weighted by molar-refractivity contribution is 0.859. The van der Waals surface area contributed by atoms with Gasteiger partial charge >= 0.3 is 0 Å². The third-order valence-electron chi connectivity index (χ3n) is 1.68. The minimum absolute atomic E-state index is 0.149. The molecule has 0 bridgehead atoms. The monoisotopic (exact) mass is 161 g/mol. The fourth-order valence-corrected chi connectivity index (χ4v) is 1.07. The highest BCUT2D eigenvalue weighted by Gasteiger charge is 1.98. The van der Waals surface area contributed by atoms with Crippen LogP contribution in [0.2, 0.25) is 0 Å². The van der Waals surface area contributed by atoms with E-state index < -0.39 is 0 Å². The second kappa shape index (κ2) is 2.41. The third-order valence-corrected chi connectivity index (χ3v) is 1.68. The van der Waals surface area contributed by atoms with E-state index >= 15 is 0 Å². The normalized spacial score (nSPS) is 10.4. The van der Waals surface area contributed by atoms with Crippen molar-refractivity contribution in [3.63, 3.8) is 0 Å². The molecule has 0 spiro atoms. The van der Waals surface area contributed by atoms with Gasteiger partial charge in [-0.3, -0.25) is 4.79 Å². The Morgan fingerprint density at radius 3 is 2.92 bits per heavy atom. The van der Waals surface area contributed by atoms with Gasteiger partial charge < -0.3 is 0 Å². The van der Waals surface area contributed by atoms with Gasteiger partial charge in [0.25, 0.3) is 5.56 Å². The summed E-state index contributed by atoms with van der Waals surface area (Å²) in [5.74, 6) is 0. The van der Waals surface area contributed by atoms with Gasteiger partial charge in [-0.2, -0.15) is 9.61 Å². The van der Waals surface area contributed by atoms with Gasteiger partial charge in [0.15, 0.2) is 5.65 Å². The van der Waals surface area contributed by atoms with Crippen LogP contribution in [0.1, 0.15) is 5.56 Å². The van der Waals surface area contributed by atoms with Crippen LogP contribution < -0.4 is 5.56 Å². The summed E-state index contributed by atoms with van der Waals surface area (Å²) < 4.78 is 1.29. The Balaban J connectivity index is 3.05. The molecule has 0 atom stereocenters. The van der Waals surface area contributed by atoms with Crippen LogP contribution in [0.3, 0.4) is 0 Å². The molecular weight excluding hydrogens is 154 g/mol. The summed E-state index contributed by atoms with van der Waals surface area (Å²) in [4.78, 5) is 15.2. The van der Waals surface area contributed by atoms with Crippen molar-refractivity contribution in [2.75, 3.05) is 0 Å². The molecule has 60 valence electrons. The molecule has 0 aliphatic heterocycles. The maximum absolute atomic E-state index is 11.2. The predicted molar refractivity (Wildman–Crippen MR) is 44.0 cm³/mol. The average molecular weight is 161 g/mol. The minimum Gasteiger partial charge on any atom is -0.267 e. The maximum atomic E-state index is 11.2. The quantitative estimate of drug-likeness (QED) is 0.561. The number of aryl methyl sites for hydroxylation is 1. The minimum atomic E-state index is -0.149. The van der Waals surface area contributed by atoms with Crippen molar-refractivity contribution >= 4 is 5.65 Å². The summed E-state index contributed by atoms with van der Waals surface area (Å²) in [6.07, 6.45) is 3.08. The molecule has 0 aromatic carbocycles. The van der Waals surface area contributed by atoms with Crippen molar-refractivity contribution in [1.82, 2.24) is 14.6 Å². The number of hydrogen-bond acceptors (Lipinski definition) is 3. The number of fused-ring (bicyclic) bond motifs is 1. The smallest absolute Gasteiger partial charge is 0.267 e. The van der Waals surface area contributed by atoms with E-state index in [2.05, 4.69) is 10.1 Å². The highest BCUT2D eigenvalue weighted by molar-refractivity contribution is 5.43. The number of aromatic nitrogens is 3. The molecule has 4 nitrogen and oxygen atoms in total. The van der Waals surface area contributed by atoms with E-state index in [-0.39, 0.29) is 5.56 Å². The maximum Gasteiger partial charge on any atom is 0.274 e. The molecule has 2 rings (SSSR count). The Morgan fingerprint density at radius 1 is 1.33 bits per heavy atom. The molecule has 2 heterocycles. The van der Waals surface area contributed by atoms with Crippen molar-refractivity contribution in [1.29, 1.82) is 0 Å². The van der Waals surface area contributed by atoms with E-state index in [1.165, 1.54) is 16.8 Å². The van der Waals surface area contributed by atoms with Gasteiger partial charge in [0, 0.05) is 18.5 Å². The summed E-state index contributed by atoms with van der Waals surface area (Å²) in [5.41, 5.74) is 1.41. The van der Waals surface area contributed by atoms with Gasteiger partial charge in [-0.15, -0.1) is 0 Å². The van der Waals surface area contributed by atoms with Gasteiger partial charge in [-0.25, -0.2) is 4.98 Å². The molecule has 0 N–H and O–H groups in total. The summed E-state index contributed by atoms with van der Waals surface area (Å²) in [7, 11) is 0. The topological polar surface area (TPSA) is 47.3 Å². The lowest BCUT2D eigenvalue weighted by atomic mass is 10.3. The van der Waals surface area contributed by atoms with Gasteiger partial charge in [-0.1, -0.05) is 0 Å². The molecule has 0 unspecified atom stereocenters. The third kappa shape index (κ3) is 0.887. The molecular formula is C8H7N3O. The first-order valence-corrected chi connectivity index (χ1v) is 3.59. The summed E-state index contributed by atoms with van der Waals surface area (Å²) in [6, 6.07) is 3.21. The lowest BCUT2D eigenvalue weighted by Gasteiger charge is -1.98. The fourth-order valence-electron chi connectivity index (χ4n) is 1.07. The van der Waals surface area contributed by atoms with Crippen LogP contribution in [-0.2, 0) is 0 Å². The molecule has 2 aromatic rings. The highest BCUT2D eigenvalue weighted by Crippen LogP contribution is 1.99. The van der Waals surface area contributed by atoms with Crippen molar-refractivity contribution in [3.8, 4) is 0 Å². The highest BCUT2D eigenvalue weighted by atomic mass is 16.1. The van der Waals surface area contributed by atoms with E-state index in [9.17, 15) is 4.79 Å². The lowest BCUT2D eigenvalue weighted by Crippen LogP contribution is -2.16. The molecule has 2 aromatic heterocycles. The van der Waals surface area contributed by atoms with Crippen LogP contribution >= 0.6 is 0 Å². The predicted octanol–water partition coefficient (Wildman–Crippen LogP) is 0.398. The molecule has 0 aliphatic rings. The second-order valence-corrected chi connectivity index (χ2v) is 2.53.